The van der Waals surface area contributed by atoms with Crippen LogP contribution in [0.25, 0.3) is 44.1 Å². The number of benzene rings is 5. The van der Waals surface area contributed by atoms with Crippen molar-refractivity contribution in [1.82, 2.24) is 4.57 Å². The second-order valence-corrected chi connectivity index (χ2v) is 8.14. The summed E-state index contributed by atoms with van der Waals surface area (Å²) in [5, 5.41) is 3.40. The Kier molecular flexibility index (Phi) is 4.63. The minimum atomic E-state index is -0.0306. The fourth-order valence-electron chi connectivity index (χ4n) is 4.74. The van der Waals surface area contributed by atoms with E-state index in [0.717, 1.165) is 44.1 Å². The zero-order valence-corrected chi connectivity index (χ0v) is 18.0. The lowest BCUT2D eigenvalue weighted by molar-refractivity contribution is 0.0967. The van der Waals surface area contributed by atoms with Gasteiger partial charge in [-0.3, -0.25) is 9.36 Å². The van der Waals surface area contributed by atoms with Gasteiger partial charge in [0.25, 0.3) is 5.91 Å². The standard InChI is InChI=1S/C31H21NO/c33-31(25-17-8-3-9-18-25)32-27-21-20-22-12-10-11-19-26(22)29(27)28(23-13-4-1-5-14-23)30(32)24-15-6-2-7-16-24/h1-21H. The van der Waals surface area contributed by atoms with Crippen molar-refractivity contribution in [3.63, 3.8) is 0 Å². The molecular weight excluding hydrogens is 402 g/mol. The molecule has 1 heterocycles. The maximum atomic E-state index is 14.0. The van der Waals surface area contributed by atoms with E-state index < -0.39 is 0 Å². The number of carbonyl (C=O) groups excluding carboxylic acids is 1. The summed E-state index contributed by atoms with van der Waals surface area (Å²) >= 11 is 0. The van der Waals surface area contributed by atoms with Gasteiger partial charge in [0.1, 0.15) is 0 Å². The van der Waals surface area contributed by atoms with E-state index in [-0.39, 0.29) is 5.91 Å². The molecule has 0 aliphatic heterocycles. The maximum absolute atomic E-state index is 14.0. The molecule has 0 aliphatic rings. The van der Waals surface area contributed by atoms with Crippen LogP contribution < -0.4 is 0 Å². The summed E-state index contributed by atoms with van der Waals surface area (Å²) in [5.41, 5.74) is 5.69. The molecule has 0 N–H and O–H groups in total. The van der Waals surface area contributed by atoms with Gasteiger partial charge in [-0.05, 0) is 40.1 Å². The first-order chi connectivity index (χ1) is 16.3. The van der Waals surface area contributed by atoms with E-state index in [0.29, 0.717) is 5.56 Å². The molecule has 0 aliphatic carbocycles. The molecule has 0 radical (unpaired) electrons. The van der Waals surface area contributed by atoms with Crippen LogP contribution in [0.1, 0.15) is 10.4 Å². The van der Waals surface area contributed by atoms with Crippen molar-refractivity contribution >= 4 is 27.6 Å². The van der Waals surface area contributed by atoms with Crippen molar-refractivity contribution in [2.75, 3.05) is 0 Å². The van der Waals surface area contributed by atoms with E-state index in [1.54, 1.807) is 0 Å². The molecule has 0 amide bonds. The molecule has 0 saturated carbocycles. The van der Waals surface area contributed by atoms with Gasteiger partial charge in [0.2, 0.25) is 0 Å². The molecule has 6 rings (SSSR count). The summed E-state index contributed by atoms with van der Waals surface area (Å²) in [5.74, 6) is -0.0306. The van der Waals surface area contributed by atoms with Crippen LogP contribution in [-0.4, -0.2) is 10.5 Å². The van der Waals surface area contributed by atoms with Crippen molar-refractivity contribution in [2.24, 2.45) is 0 Å². The first kappa shape index (κ1) is 19.3. The van der Waals surface area contributed by atoms with Crippen LogP contribution in [0, 0.1) is 0 Å². The SMILES string of the molecule is O=C(c1ccccc1)n1c(-c2ccccc2)c(-c2ccccc2)c2c3ccccc3ccc21. The molecule has 0 fully saturated rings. The molecule has 0 unspecified atom stereocenters. The number of carbonyl (C=O) groups is 1. The molecular formula is C31H21NO. The third kappa shape index (κ3) is 3.16. The first-order valence-corrected chi connectivity index (χ1v) is 11.1. The van der Waals surface area contributed by atoms with Crippen molar-refractivity contribution < 1.29 is 4.79 Å². The van der Waals surface area contributed by atoms with Crippen LogP contribution in [0.3, 0.4) is 0 Å². The highest BCUT2D eigenvalue weighted by Crippen LogP contribution is 2.44. The van der Waals surface area contributed by atoms with Crippen LogP contribution in [0.4, 0.5) is 0 Å². The topological polar surface area (TPSA) is 22.0 Å². The summed E-state index contributed by atoms with van der Waals surface area (Å²) in [4.78, 5) is 14.0. The van der Waals surface area contributed by atoms with E-state index in [4.69, 9.17) is 0 Å². The van der Waals surface area contributed by atoms with Crippen LogP contribution in [0.15, 0.2) is 127 Å². The number of hydrogen-bond acceptors (Lipinski definition) is 1. The molecule has 33 heavy (non-hydrogen) atoms. The van der Waals surface area contributed by atoms with Gasteiger partial charge in [0, 0.05) is 16.5 Å². The lowest BCUT2D eigenvalue weighted by atomic mass is 9.95. The fraction of sp³-hybridized carbons (Fsp3) is 0. The Hall–Kier alpha value is -4.43. The van der Waals surface area contributed by atoms with E-state index >= 15 is 0 Å². The zero-order chi connectivity index (χ0) is 22.2. The third-order valence-corrected chi connectivity index (χ3v) is 6.19. The van der Waals surface area contributed by atoms with Gasteiger partial charge >= 0.3 is 0 Å². The molecule has 6 aromatic rings. The van der Waals surface area contributed by atoms with Crippen LogP contribution in [-0.2, 0) is 0 Å². The minimum absolute atomic E-state index is 0.0306. The number of rotatable bonds is 3. The van der Waals surface area contributed by atoms with Crippen LogP contribution in [0.5, 0.6) is 0 Å². The minimum Gasteiger partial charge on any atom is -0.275 e. The Morgan fingerprint density at radius 1 is 0.545 bits per heavy atom. The zero-order valence-electron chi connectivity index (χ0n) is 18.0. The monoisotopic (exact) mass is 423 g/mol. The lowest BCUT2D eigenvalue weighted by Crippen LogP contribution is -2.13. The Morgan fingerprint density at radius 2 is 1.12 bits per heavy atom. The Labute approximate surface area is 192 Å². The van der Waals surface area contributed by atoms with E-state index in [1.165, 1.54) is 0 Å². The number of hydrogen-bond donors (Lipinski definition) is 0. The summed E-state index contributed by atoms with van der Waals surface area (Å²) < 4.78 is 1.90. The number of aromatic nitrogens is 1. The van der Waals surface area contributed by atoms with Crippen molar-refractivity contribution in [3.8, 4) is 22.4 Å². The smallest absolute Gasteiger partial charge is 0.262 e. The van der Waals surface area contributed by atoms with Gasteiger partial charge in [0.15, 0.2) is 0 Å². The fourth-order valence-corrected chi connectivity index (χ4v) is 4.74. The van der Waals surface area contributed by atoms with Gasteiger partial charge in [0.05, 0.1) is 11.2 Å². The summed E-state index contributed by atoms with van der Waals surface area (Å²) in [6.45, 7) is 0. The summed E-state index contributed by atoms with van der Waals surface area (Å²) in [7, 11) is 0. The molecule has 0 spiro atoms. The summed E-state index contributed by atoms with van der Waals surface area (Å²) in [6, 6.07) is 42.7. The molecule has 156 valence electrons. The van der Waals surface area contributed by atoms with Crippen molar-refractivity contribution in [3.05, 3.63) is 133 Å². The first-order valence-electron chi connectivity index (χ1n) is 11.1. The van der Waals surface area contributed by atoms with Crippen LogP contribution >= 0.6 is 0 Å². The van der Waals surface area contributed by atoms with E-state index in [2.05, 4.69) is 72.8 Å². The van der Waals surface area contributed by atoms with Gasteiger partial charge in [-0.25, -0.2) is 0 Å². The molecule has 0 atom stereocenters. The second-order valence-electron chi connectivity index (χ2n) is 8.14. The quantitative estimate of drug-likeness (QED) is 0.284. The Morgan fingerprint density at radius 3 is 1.82 bits per heavy atom. The Bertz CT molecular complexity index is 1600. The third-order valence-electron chi connectivity index (χ3n) is 6.19. The van der Waals surface area contributed by atoms with Gasteiger partial charge in [-0.15, -0.1) is 0 Å². The highest BCUT2D eigenvalue weighted by molar-refractivity contribution is 6.21. The average Bonchev–Trinajstić information content (AvgIpc) is 3.25. The van der Waals surface area contributed by atoms with E-state index in [1.807, 2.05) is 59.2 Å². The molecule has 0 bridgehead atoms. The average molecular weight is 424 g/mol. The molecule has 2 heteroatoms. The predicted molar refractivity (Wildman–Crippen MR) is 136 cm³/mol. The molecule has 0 saturated heterocycles. The largest absolute Gasteiger partial charge is 0.275 e. The van der Waals surface area contributed by atoms with Gasteiger partial charge in [-0.2, -0.15) is 0 Å². The van der Waals surface area contributed by atoms with Crippen LogP contribution in [0.2, 0.25) is 0 Å². The lowest BCUT2D eigenvalue weighted by Gasteiger charge is -2.12. The number of nitrogens with zero attached hydrogens (tertiary/aromatic N) is 1. The predicted octanol–water partition coefficient (Wildman–Crippen LogP) is 7.82. The molecule has 1 aromatic heterocycles. The summed E-state index contributed by atoms with van der Waals surface area (Å²) in [6.07, 6.45) is 0. The van der Waals surface area contributed by atoms with E-state index in [9.17, 15) is 4.79 Å². The maximum Gasteiger partial charge on any atom is 0.262 e. The van der Waals surface area contributed by atoms with Crippen molar-refractivity contribution in [1.29, 1.82) is 0 Å². The Balaban J connectivity index is 1.83. The molecule has 2 nitrogen and oxygen atoms in total. The normalized spacial score (nSPS) is 11.2. The van der Waals surface area contributed by atoms with Gasteiger partial charge in [-0.1, -0.05) is 109 Å². The molecule has 5 aromatic carbocycles. The second kappa shape index (κ2) is 7.92. The number of fused-ring (bicyclic) bond motifs is 3. The van der Waals surface area contributed by atoms with Crippen molar-refractivity contribution in [2.45, 2.75) is 0 Å². The van der Waals surface area contributed by atoms with Gasteiger partial charge < -0.3 is 0 Å². The highest BCUT2D eigenvalue weighted by Gasteiger charge is 2.25. The highest BCUT2D eigenvalue weighted by atomic mass is 16.2.